The summed E-state index contributed by atoms with van der Waals surface area (Å²) in [7, 11) is 2.59. The fourth-order valence-electron chi connectivity index (χ4n) is 1.84. The summed E-state index contributed by atoms with van der Waals surface area (Å²) in [6.07, 6.45) is -2.66. The number of methoxy groups -OCH3 is 1. The summed E-state index contributed by atoms with van der Waals surface area (Å²) in [6.45, 7) is 1.75. The number of alkyl halides is 2. The fourth-order valence-corrected chi connectivity index (χ4v) is 2.70. The normalized spacial score (nSPS) is 10.8. The number of nitrogens with zero attached hydrogens (tertiary/aromatic N) is 2. The molecule has 0 amide bonds. The molecule has 9 heteroatoms. The Morgan fingerprint density at radius 3 is 2.73 bits per heavy atom. The fraction of sp³-hybridized carbons (Fsp3) is 0.308. The molecule has 0 aliphatic rings. The molecule has 2 aromatic heterocycles. The number of aromatic nitrogens is 2. The van der Waals surface area contributed by atoms with Gasteiger partial charge >= 0.3 is 5.97 Å². The van der Waals surface area contributed by atoms with E-state index in [4.69, 9.17) is 4.74 Å². The molecule has 2 rings (SSSR count). The van der Waals surface area contributed by atoms with Crippen LogP contribution in [0.15, 0.2) is 6.07 Å². The topological polar surface area (TPSA) is 70.4 Å². The molecule has 0 unspecified atom stereocenters. The number of hydrogen-bond acceptors (Lipinski definition) is 6. The van der Waals surface area contributed by atoms with Gasteiger partial charge in [-0.05, 0) is 13.0 Å². The SMILES string of the molecule is COC(=O)c1sc(C)cc1Oc1c(C=O)c(C(F)F)nn1C. The molecule has 0 saturated carbocycles. The molecule has 0 fully saturated rings. The van der Waals surface area contributed by atoms with E-state index in [2.05, 4.69) is 9.84 Å². The van der Waals surface area contributed by atoms with Crippen LogP contribution in [0, 0.1) is 6.92 Å². The van der Waals surface area contributed by atoms with E-state index in [-0.39, 0.29) is 28.4 Å². The summed E-state index contributed by atoms with van der Waals surface area (Å²) < 4.78 is 36.8. The molecule has 0 aliphatic heterocycles. The summed E-state index contributed by atoms with van der Waals surface area (Å²) in [5, 5.41) is 3.58. The predicted octanol–water partition coefficient (Wildman–Crippen LogP) is 3.12. The number of ether oxygens (including phenoxy) is 2. The minimum atomic E-state index is -2.91. The molecule has 0 N–H and O–H groups in total. The highest BCUT2D eigenvalue weighted by Crippen LogP contribution is 2.36. The van der Waals surface area contributed by atoms with E-state index < -0.39 is 18.1 Å². The summed E-state index contributed by atoms with van der Waals surface area (Å²) in [6, 6.07) is 1.56. The van der Waals surface area contributed by atoms with Gasteiger partial charge in [-0.3, -0.25) is 4.79 Å². The van der Waals surface area contributed by atoms with Crippen LogP contribution in [-0.2, 0) is 11.8 Å². The first-order chi connectivity index (χ1) is 10.4. The van der Waals surface area contributed by atoms with Gasteiger partial charge in [-0.1, -0.05) is 0 Å². The Hall–Kier alpha value is -2.29. The van der Waals surface area contributed by atoms with Crippen molar-refractivity contribution in [2.75, 3.05) is 7.11 Å². The maximum Gasteiger partial charge on any atom is 0.351 e. The standard InChI is InChI=1S/C13H12F2N2O4S/c1-6-4-8(10(22-6)13(19)20-3)21-12-7(5-18)9(11(14)15)16-17(12)2/h4-5,11H,1-3H3. The highest BCUT2D eigenvalue weighted by molar-refractivity contribution is 7.14. The molecule has 0 bridgehead atoms. The molecular formula is C13H12F2N2O4S. The average Bonchev–Trinajstić information content (AvgIpc) is 2.99. The molecule has 6 nitrogen and oxygen atoms in total. The first kappa shape index (κ1) is 16.1. The van der Waals surface area contributed by atoms with Crippen LogP contribution in [0.1, 0.15) is 37.0 Å². The third-order valence-electron chi connectivity index (χ3n) is 2.78. The van der Waals surface area contributed by atoms with E-state index in [1.54, 1.807) is 13.0 Å². The van der Waals surface area contributed by atoms with Crippen molar-refractivity contribution in [3.8, 4) is 11.6 Å². The van der Waals surface area contributed by atoms with Crippen molar-refractivity contribution in [2.24, 2.45) is 7.05 Å². The van der Waals surface area contributed by atoms with Gasteiger partial charge < -0.3 is 9.47 Å². The number of halogens is 2. The van der Waals surface area contributed by atoms with Crippen LogP contribution < -0.4 is 4.74 Å². The maximum absolute atomic E-state index is 12.9. The summed E-state index contributed by atoms with van der Waals surface area (Å²) in [4.78, 5) is 23.7. The molecule has 0 aliphatic carbocycles. The Balaban J connectivity index is 2.48. The third-order valence-corrected chi connectivity index (χ3v) is 3.79. The van der Waals surface area contributed by atoms with Crippen molar-refractivity contribution < 1.29 is 27.8 Å². The molecular weight excluding hydrogens is 318 g/mol. The Labute approximate surface area is 128 Å². The Morgan fingerprint density at radius 1 is 1.50 bits per heavy atom. The molecule has 2 aromatic rings. The number of carbonyl (C=O) groups is 2. The molecule has 0 aromatic carbocycles. The monoisotopic (exact) mass is 330 g/mol. The van der Waals surface area contributed by atoms with Gasteiger partial charge in [-0.2, -0.15) is 5.10 Å². The first-order valence-electron chi connectivity index (χ1n) is 6.05. The Kier molecular flexibility index (Phi) is 4.55. The van der Waals surface area contributed by atoms with Crippen LogP contribution in [0.3, 0.4) is 0 Å². The van der Waals surface area contributed by atoms with Crippen molar-refractivity contribution in [2.45, 2.75) is 13.3 Å². The minimum absolute atomic E-state index is 0.126. The van der Waals surface area contributed by atoms with Gasteiger partial charge in [0.05, 0.1) is 7.11 Å². The van der Waals surface area contributed by atoms with Gasteiger partial charge in [-0.15, -0.1) is 11.3 Å². The molecule has 0 atom stereocenters. The molecule has 0 radical (unpaired) electrons. The number of esters is 1. The van der Waals surface area contributed by atoms with E-state index in [0.717, 1.165) is 20.9 Å². The van der Waals surface area contributed by atoms with E-state index in [0.29, 0.717) is 0 Å². The zero-order valence-electron chi connectivity index (χ0n) is 11.9. The number of hydrogen-bond donors (Lipinski definition) is 0. The lowest BCUT2D eigenvalue weighted by atomic mass is 10.2. The van der Waals surface area contributed by atoms with Crippen LogP contribution in [0.25, 0.3) is 0 Å². The number of aldehydes is 1. The zero-order chi connectivity index (χ0) is 16.4. The first-order valence-corrected chi connectivity index (χ1v) is 6.87. The largest absolute Gasteiger partial charge is 0.465 e. The number of aryl methyl sites for hydroxylation is 2. The van der Waals surface area contributed by atoms with Crippen LogP contribution >= 0.6 is 11.3 Å². The van der Waals surface area contributed by atoms with Gasteiger partial charge in [0.2, 0.25) is 5.88 Å². The van der Waals surface area contributed by atoms with Gasteiger partial charge in [0, 0.05) is 11.9 Å². The Morgan fingerprint density at radius 2 is 2.18 bits per heavy atom. The second-order valence-corrected chi connectivity index (χ2v) is 5.55. The second-order valence-electron chi connectivity index (χ2n) is 4.29. The Bertz CT molecular complexity index is 724. The van der Waals surface area contributed by atoms with Gasteiger partial charge in [0.15, 0.2) is 16.9 Å². The highest BCUT2D eigenvalue weighted by Gasteiger charge is 2.26. The van der Waals surface area contributed by atoms with Crippen LogP contribution in [0.5, 0.6) is 11.6 Å². The van der Waals surface area contributed by atoms with E-state index >= 15 is 0 Å². The lowest BCUT2D eigenvalue weighted by Gasteiger charge is -2.06. The van der Waals surface area contributed by atoms with Gasteiger partial charge in [-0.25, -0.2) is 18.3 Å². The van der Waals surface area contributed by atoms with E-state index in [1.807, 2.05) is 0 Å². The molecule has 0 spiro atoms. The summed E-state index contributed by atoms with van der Waals surface area (Å²) >= 11 is 1.13. The predicted molar refractivity (Wildman–Crippen MR) is 74.0 cm³/mol. The summed E-state index contributed by atoms with van der Waals surface area (Å²) in [5.74, 6) is -0.647. The third kappa shape index (κ3) is 2.84. The second kappa shape index (κ2) is 6.22. The van der Waals surface area contributed by atoms with E-state index in [1.165, 1.54) is 14.2 Å². The number of carbonyl (C=O) groups excluding carboxylic acids is 2. The van der Waals surface area contributed by atoms with Crippen LogP contribution in [0.2, 0.25) is 0 Å². The van der Waals surface area contributed by atoms with Crippen molar-refractivity contribution in [3.63, 3.8) is 0 Å². The van der Waals surface area contributed by atoms with Crippen molar-refractivity contribution in [3.05, 3.63) is 27.1 Å². The molecule has 2 heterocycles. The average molecular weight is 330 g/mol. The van der Waals surface area contributed by atoms with Gasteiger partial charge in [0.1, 0.15) is 11.3 Å². The summed E-state index contributed by atoms with van der Waals surface area (Å²) in [5.41, 5.74) is -1.02. The highest BCUT2D eigenvalue weighted by atomic mass is 32.1. The number of thiophene rings is 1. The zero-order valence-corrected chi connectivity index (χ0v) is 12.7. The molecule has 22 heavy (non-hydrogen) atoms. The quantitative estimate of drug-likeness (QED) is 0.622. The lowest BCUT2D eigenvalue weighted by Crippen LogP contribution is -2.02. The van der Waals surface area contributed by atoms with Crippen molar-refractivity contribution in [1.82, 2.24) is 9.78 Å². The van der Waals surface area contributed by atoms with Crippen molar-refractivity contribution in [1.29, 1.82) is 0 Å². The smallest absolute Gasteiger partial charge is 0.351 e. The number of rotatable bonds is 5. The molecule has 118 valence electrons. The molecule has 0 saturated heterocycles. The van der Waals surface area contributed by atoms with Crippen LogP contribution in [0.4, 0.5) is 8.78 Å². The maximum atomic E-state index is 12.9. The van der Waals surface area contributed by atoms with Crippen molar-refractivity contribution >= 4 is 23.6 Å². The lowest BCUT2D eigenvalue weighted by molar-refractivity contribution is 0.0603. The van der Waals surface area contributed by atoms with Gasteiger partial charge in [0.25, 0.3) is 6.43 Å². The van der Waals surface area contributed by atoms with E-state index in [9.17, 15) is 18.4 Å². The minimum Gasteiger partial charge on any atom is -0.465 e. The van der Waals surface area contributed by atoms with Crippen LogP contribution in [-0.4, -0.2) is 29.1 Å².